The molecule has 0 radical (unpaired) electrons. The predicted molar refractivity (Wildman–Crippen MR) is 126 cm³/mol. The van der Waals surface area contributed by atoms with E-state index in [2.05, 4.69) is 48.6 Å². The predicted octanol–water partition coefficient (Wildman–Crippen LogP) is 8.37. The van der Waals surface area contributed by atoms with Crippen LogP contribution in [-0.4, -0.2) is 14.4 Å². The van der Waals surface area contributed by atoms with Gasteiger partial charge in [-0.15, -0.1) is 0 Å². The first-order chi connectivity index (χ1) is 15.8. The molecule has 168 valence electrons. The first-order valence-corrected chi connectivity index (χ1v) is 10.1. The van der Waals surface area contributed by atoms with Gasteiger partial charge in [-0.25, -0.2) is 4.42 Å². The van der Waals surface area contributed by atoms with Crippen molar-refractivity contribution in [1.29, 1.82) is 0 Å². The van der Waals surface area contributed by atoms with E-state index < -0.39 is 7.25 Å². The van der Waals surface area contributed by atoms with Gasteiger partial charge in [0.15, 0.2) is 0 Å². The molecule has 0 aliphatic carbocycles. The molecule has 0 amide bonds. The molecule has 2 nitrogen and oxygen atoms in total. The van der Waals surface area contributed by atoms with Crippen molar-refractivity contribution in [3.8, 4) is 28.4 Å². The lowest BCUT2D eigenvalue weighted by Crippen LogP contribution is -2.02. The highest BCUT2D eigenvalue weighted by Crippen LogP contribution is 2.29. The van der Waals surface area contributed by atoms with Crippen LogP contribution in [0.4, 0.5) is 17.3 Å². The van der Waals surface area contributed by atoms with Crippen molar-refractivity contribution < 1.29 is 26.4 Å². The fourth-order valence-corrected chi connectivity index (χ4v) is 3.01. The topological polar surface area (TPSA) is 20.5 Å². The normalized spacial score (nSPS) is 11.1. The highest BCUT2D eigenvalue weighted by atomic mass is 19.5. The molecule has 0 aliphatic heterocycles. The van der Waals surface area contributed by atoms with Crippen LogP contribution in [0.3, 0.4) is 0 Å². The zero-order chi connectivity index (χ0) is 23.7. The minimum atomic E-state index is -6.00. The molecular formula is C26H21BF4O2. The Hall–Kier alpha value is -3.87. The summed E-state index contributed by atoms with van der Waals surface area (Å²) in [5.41, 5.74) is 4.31. The van der Waals surface area contributed by atoms with E-state index in [-0.39, 0.29) is 0 Å². The number of hydrogen-bond donors (Lipinski definition) is 0. The second-order valence-electron chi connectivity index (χ2n) is 6.95. The highest BCUT2D eigenvalue weighted by molar-refractivity contribution is 6.50. The van der Waals surface area contributed by atoms with Crippen LogP contribution in [0.2, 0.25) is 0 Å². The molecule has 0 atom stereocenters. The number of ether oxygens (including phenoxy) is 1. The molecular weight excluding hydrogens is 431 g/mol. The van der Waals surface area contributed by atoms with Gasteiger partial charge in [0.1, 0.15) is 5.75 Å². The molecule has 0 aliphatic rings. The van der Waals surface area contributed by atoms with Crippen molar-refractivity contribution in [3.63, 3.8) is 0 Å². The van der Waals surface area contributed by atoms with Crippen LogP contribution < -0.4 is 4.74 Å². The highest BCUT2D eigenvalue weighted by Gasteiger charge is 2.20. The Labute approximate surface area is 189 Å². The Bertz CT molecular complexity index is 1110. The lowest BCUT2D eigenvalue weighted by molar-refractivity contribution is 0.368. The van der Waals surface area contributed by atoms with Gasteiger partial charge < -0.3 is 22.0 Å². The van der Waals surface area contributed by atoms with Crippen LogP contribution >= 0.6 is 0 Å². The first-order valence-electron chi connectivity index (χ1n) is 10.1. The van der Waals surface area contributed by atoms with Gasteiger partial charge in [-0.1, -0.05) is 60.7 Å². The van der Waals surface area contributed by atoms with E-state index in [9.17, 15) is 17.3 Å². The van der Waals surface area contributed by atoms with E-state index in [0.717, 1.165) is 39.5 Å². The second-order valence-corrected chi connectivity index (χ2v) is 6.95. The lowest BCUT2D eigenvalue weighted by Gasteiger charge is -2.00. The maximum Gasteiger partial charge on any atom is 0.673 e. The lowest BCUT2D eigenvalue weighted by atomic mass is 10.1. The Balaban J connectivity index is 0.000000555. The standard InChI is InChI=1S/C26H21O2.BF4/c1-27-24-16-14-20(15-17-24)12-13-21-18-25(22-8-4-2-5-9-22)28-26(19-21)23-10-6-3-7-11-23;2-1(3,4)5/h2-19H,1H3;/q+1;-1. The van der Waals surface area contributed by atoms with Crippen molar-refractivity contribution >= 4 is 19.4 Å². The molecule has 1 heterocycles. The number of halogens is 4. The Morgan fingerprint density at radius 1 is 0.636 bits per heavy atom. The van der Waals surface area contributed by atoms with Gasteiger partial charge >= 0.3 is 18.8 Å². The van der Waals surface area contributed by atoms with Crippen LogP contribution in [0.25, 0.3) is 34.8 Å². The molecule has 7 heteroatoms. The number of rotatable bonds is 5. The minimum absolute atomic E-state index is 0.844. The fourth-order valence-electron chi connectivity index (χ4n) is 3.01. The summed E-state index contributed by atoms with van der Waals surface area (Å²) in [4.78, 5) is 0. The van der Waals surface area contributed by atoms with Crippen molar-refractivity contribution in [2.24, 2.45) is 0 Å². The number of hydrogen-bond acceptors (Lipinski definition) is 1. The van der Waals surface area contributed by atoms with Gasteiger partial charge in [-0.3, -0.25) is 0 Å². The molecule has 0 fully saturated rings. The summed E-state index contributed by atoms with van der Waals surface area (Å²) in [6, 6.07) is 32.5. The van der Waals surface area contributed by atoms with E-state index in [0.29, 0.717) is 0 Å². The summed E-state index contributed by atoms with van der Waals surface area (Å²) in [5.74, 6) is 2.54. The molecule has 0 bridgehead atoms. The van der Waals surface area contributed by atoms with Gasteiger partial charge in [0.2, 0.25) is 0 Å². The molecule has 1 aromatic heterocycles. The van der Waals surface area contributed by atoms with Crippen LogP contribution in [-0.2, 0) is 0 Å². The van der Waals surface area contributed by atoms with Crippen LogP contribution in [0, 0.1) is 0 Å². The van der Waals surface area contributed by atoms with Crippen molar-refractivity contribution in [3.05, 3.63) is 108 Å². The van der Waals surface area contributed by atoms with Crippen LogP contribution in [0.1, 0.15) is 11.1 Å². The van der Waals surface area contributed by atoms with E-state index >= 15 is 0 Å². The zero-order valence-corrected chi connectivity index (χ0v) is 17.8. The Morgan fingerprint density at radius 2 is 1.06 bits per heavy atom. The molecule has 0 saturated heterocycles. The summed E-state index contributed by atoms with van der Waals surface area (Å²) in [6.07, 6.45) is 4.20. The average molecular weight is 452 g/mol. The molecule has 33 heavy (non-hydrogen) atoms. The summed E-state index contributed by atoms with van der Waals surface area (Å²) in [5, 5.41) is 0. The van der Waals surface area contributed by atoms with Crippen LogP contribution in [0.15, 0.2) is 101 Å². The Morgan fingerprint density at radius 3 is 1.48 bits per heavy atom. The van der Waals surface area contributed by atoms with Crippen molar-refractivity contribution in [2.75, 3.05) is 7.11 Å². The fraction of sp³-hybridized carbons (Fsp3) is 0.0385. The third-order valence-electron chi connectivity index (χ3n) is 4.52. The van der Waals surface area contributed by atoms with E-state index in [4.69, 9.17) is 9.15 Å². The summed E-state index contributed by atoms with van der Waals surface area (Å²) < 4.78 is 50.4. The van der Waals surface area contributed by atoms with Gasteiger partial charge in [0.25, 0.3) is 0 Å². The monoisotopic (exact) mass is 452 g/mol. The second kappa shape index (κ2) is 11.1. The minimum Gasteiger partial charge on any atom is -0.497 e. The third-order valence-corrected chi connectivity index (χ3v) is 4.52. The summed E-state index contributed by atoms with van der Waals surface area (Å²) >= 11 is 0. The zero-order valence-electron chi connectivity index (χ0n) is 17.8. The maximum absolute atomic E-state index is 9.75. The van der Waals surface area contributed by atoms with Crippen LogP contribution in [0.5, 0.6) is 5.75 Å². The largest absolute Gasteiger partial charge is 0.673 e. The van der Waals surface area contributed by atoms with Gasteiger partial charge in [-0.05, 0) is 47.5 Å². The molecule has 3 aromatic carbocycles. The molecule has 0 saturated carbocycles. The van der Waals surface area contributed by atoms with E-state index in [1.807, 2.05) is 60.7 Å². The van der Waals surface area contributed by atoms with Crippen molar-refractivity contribution in [1.82, 2.24) is 0 Å². The number of benzene rings is 3. The van der Waals surface area contributed by atoms with Gasteiger partial charge in [-0.2, -0.15) is 0 Å². The summed E-state index contributed by atoms with van der Waals surface area (Å²) in [6.45, 7) is 0. The maximum atomic E-state index is 9.75. The molecule has 0 unspecified atom stereocenters. The molecule has 0 spiro atoms. The smallest absolute Gasteiger partial charge is 0.497 e. The third kappa shape index (κ3) is 7.96. The summed E-state index contributed by atoms with van der Waals surface area (Å²) in [7, 11) is -4.32. The molecule has 0 N–H and O–H groups in total. The average Bonchev–Trinajstić information content (AvgIpc) is 2.83. The van der Waals surface area contributed by atoms with E-state index in [1.54, 1.807) is 7.11 Å². The number of methoxy groups -OCH3 is 1. The molecule has 4 aromatic rings. The van der Waals surface area contributed by atoms with Crippen molar-refractivity contribution in [2.45, 2.75) is 0 Å². The first kappa shape index (κ1) is 23.8. The molecule has 4 rings (SSSR count). The van der Waals surface area contributed by atoms with Gasteiger partial charge in [0, 0.05) is 0 Å². The SMILES string of the molecule is COc1ccc(C=Cc2cc(-c3ccccc3)[o+]c(-c3ccccc3)c2)cc1.F[B-](F)(F)F. The Kier molecular flexibility index (Phi) is 8.03. The quantitative estimate of drug-likeness (QED) is 0.172. The van der Waals surface area contributed by atoms with Gasteiger partial charge in [0.05, 0.1) is 30.4 Å². The van der Waals surface area contributed by atoms with E-state index in [1.165, 1.54) is 0 Å².